The highest BCUT2D eigenvalue weighted by atomic mass is 19.4. The van der Waals surface area contributed by atoms with Crippen molar-refractivity contribution in [2.24, 2.45) is 5.41 Å². The van der Waals surface area contributed by atoms with Crippen molar-refractivity contribution >= 4 is 17.6 Å². The molecule has 0 saturated carbocycles. The smallest absolute Gasteiger partial charge is 0.380 e. The highest BCUT2D eigenvalue weighted by Crippen LogP contribution is 2.44. The molecule has 0 bridgehead atoms. The Morgan fingerprint density at radius 3 is 2.41 bits per heavy atom. The van der Waals surface area contributed by atoms with E-state index in [2.05, 4.69) is 16.4 Å². The first kappa shape index (κ1) is 37.1. The first-order valence-corrected chi connectivity index (χ1v) is 18.2. The molecule has 1 aromatic heterocycles. The van der Waals surface area contributed by atoms with Crippen LogP contribution in [-0.4, -0.2) is 83.4 Å². The number of para-hydroxylation sites is 1. The molecule has 1 N–H and O–H groups in total. The summed E-state index contributed by atoms with van der Waals surface area (Å²) in [6.45, 7) is 6.93. The van der Waals surface area contributed by atoms with Gasteiger partial charge in [-0.25, -0.2) is 9.07 Å². The summed E-state index contributed by atoms with van der Waals surface area (Å²) < 4.78 is 62.2. The Morgan fingerprint density at radius 1 is 1.06 bits per heavy atom. The van der Waals surface area contributed by atoms with Crippen molar-refractivity contribution in [2.45, 2.75) is 50.9 Å². The lowest BCUT2D eigenvalue weighted by Gasteiger charge is -2.47. The number of anilines is 1. The van der Waals surface area contributed by atoms with E-state index < -0.39 is 41.3 Å². The van der Waals surface area contributed by atoms with Gasteiger partial charge in [-0.1, -0.05) is 36.4 Å². The molecule has 282 valence electrons. The van der Waals surface area contributed by atoms with Crippen LogP contribution in [0.3, 0.4) is 0 Å². The number of nitriles is 1. The molecule has 2 saturated heterocycles. The molecule has 0 aliphatic carbocycles. The minimum absolute atomic E-state index is 0.0802. The zero-order valence-electron chi connectivity index (χ0n) is 29.9. The molecule has 4 heterocycles. The maximum Gasteiger partial charge on any atom is 0.416 e. The van der Waals surface area contributed by atoms with Crippen molar-refractivity contribution in [3.8, 4) is 11.9 Å². The number of piperidine rings is 1. The maximum absolute atomic E-state index is 14.5. The van der Waals surface area contributed by atoms with E-state index in [0.29, 0.717) is 40.3 Å². The van der Waals surface area contributed by atoms with Crippen LogP contribution in [0.2, 0.25) is 0 Å². The second-order valence-electron chi connectivity index (χ2n) is 14.3. The first-order chi connectivity index (χ1) is 26.0. The van der Waals surface area contributed by atoms with Crippen LogP contribution >= 0.6 is 0 Å². The van der Waals surface area contributed by atoms with Crippen molar-refractivity contribution in [1.29, 1.82) is 5.26 Å². The normalized spacial score (nSPS) is 19.6. The number of alkyl halides is 3. The van der Waals surface area contributed by atoms with Crippen molar-refractivity contribution in [2.75, 3.05) is 50.8 Å². The fraction of sp³-hybridized carbons (Fsp3) is 0.400. The average Bonchev–Trinajstić information content (AvgIpc) is 3.53. The molecule has 3 aromatic carbocycles. The molecule has 10 nitrogen and oxygen atoms in total. The summed E-state index contributed by atoms with van der Waals surface area (Å²) in [6, 6.07) is 17.4. The number of nitrogens with zero attached hydrogens (tertiary/aromatic N) is 6. The number of rotatable bonds is 11. The first-order valence-electron chi connectivity index (χ1n) is 18.2. The van der Waals surface area contributed by atoms with Gasteiger partial charge < -0.3 is 19.9 Å². The van der Waals surface area contributed by atoms with Crippen molar-refractivity contribution < 1.29 is 31.9 Å². The number of hydrogen-bond donors (Lipinski definition) is 1. The predicted octanol–water partition coefficient (Wildman–Crippen LogP) is 6.11. The Balaban J connectivity index is 1.25. The Bertz CT molecular complexity index is 2020. The zero-order valence-corrected chi connectivity index (χ0v) is 29.9. The van der Waals surface area contributed by atoms with Crippen molar-refractivity contribution in [3.05, 3.63) is 113 Å². The van der Waals surface area contributed by atoms with E-state index in [1.54, 1.807) is 16.5 Å². The molecule has 14 heteroatoms. The third-order valence-corrected chi connectivity index (χ3v) is 10.8. The molecule has 3 aliphatic heterocycles. The van der Waals surface area contributed by atoms with E-state index in [1.807, 2.05) is 30.3 Å². The minimum atomic E-state index is -4.68. The number of likely N-dealkylation sites (N-methyl/N-ethyl adjacent to an activating group) is 1. The van der Waals surface area contributed by atoms with Crippen LogP contribution in [0.1, 0.15) is 64.8 Å². The summed E-state index contributed by atoms with van der Waals surface area (Å²) in [5.74, 6) is -2.41. The fourth-order valence-corrected chi connectivity index (χ4v) is 7.79. The Hall–Kier alpha value is -5.26. The summed E-state index contributed by atoms with van der Waals surface area (Å²) in [5, 5.41) is 18.1. The van der Waals surface area contributed by atoms with Crippen LogP contribution in [-0.2, 0) is 22.3 Å². The van der Waals surface area contributed by atoms with Gasteiger partial charge in [0.15, 0.2) is 6.19 Å². The second-order valence-corrected chi connectivity index (χ2v) is 14.3. The highest BCUT2D eigenvalue weighted by Gasteiger charge is 2.47. The van der Waals surface area contributed by atoms with Gasteiger partial charge in [-0.15, -0.1) is 0 Å². The standard InChI is InChI=1S/C40H41F4N7O3/c1-2-50-37-34(33(27-12-14-30(41)15-13-27)35(38(50)53)46-36(52)28-8-6-9-29(22-28)40(42,43)44)32(47-51(37)31-10-4-3-5-11-31)23-49(26-45)19-7-18-48-20-16-39(17-21-48)24-54-25-39/h3-6,8-15,22,33,35H,2,7,16-21,23-25H2,1H3,(H,46,52)/t33-,35-/m0/s1. The summed E-state index contributed by atoms with van der Waals surface area (Å²) in [7, 11) is 0. The number of hydrogen-bond acceptors (Lipinski definition) is 7. The SMILES string of the molecule is CCN1C(=O)[C@@H](NC(=O)c2cccc(C(F)(F)F)c2)[C@@H](c2ccc(F)cc2)c2c(CN(C#N)CCCN3CCC4(CC3)COC4)nn(-c3ccccc3)c21. The molecule has 54 heavy (non-hydrogen) atoms. The number of halogens is 4. The number of aromatic nitrogens is 2. The predicted molar refractivity (Wildman–Crippen MR) is 192 cm³/mol. The van der Waals surface area contributed by atoms with Crippen LogP contribution in [0, 0.1) is 22.7 Å². The van der Waals surface area contributed by atoms with Gasteiger partial charge in [0, 0.05) is 35.5 Å². The summed E-state index contributed by atoms with van der Waals surface area (Å²) in [6.07, 6.45) is 0.555. The minimum Gasteiger partial charge on any atom is -0.380 e. The Kier molecular flexibility index (Phi) is 10.5. The van der Waals surface area contributed by atoms with Gasteiger partial charge in [0.1, 0.15) is 17.7 Å². The van der Waals surface area contributed by atoms with E-state index in [1.165, 1.54) is 35.2 Å². The molecule has 2 atom stereocenters. The molecule has 1 spiro atoms. The van der Waals surface area contributed by atoms with E-state index in [4.69, 9.17) is 9.84 Å². The van der Waals surface area contributed by atoms with E-state index in [-0.39, 0.29) is 18.7 Å². The number of carbonyl (C=O) groups is 2. The van der Waals surface area contributed by atoms with E-state index in [0.717, 1.165) is 70.3 Å². The number of carbonyl (C=O) groups excluding carboxylic acids is 2. The maximum atomic E-state index is 14.5. The molecule has 2 fully saturated rings. The third kappa shape index (κ3) is 7.43. The number of ether oxygens (including phenoxy) is 1. The van der Waals surface area contributed by atoms with Crippen LogP contribution in [0.5, 0.6) is 0 Å². The van der Waals surface area contributed by atoms with Gasteiger partial charge in [0.2, 0.25) is 0 Å². The average molecular weight is 744 g/mol. The molecule has 2 amide bonds. The third-order valence-electron chi connectivity index (χ3n) is 10.8. The number of fused-ring (bicyclic) bond motifs is 1. The van der Waals surface area contributed by atoms with Crippen molar-refractivity contribution in [3.63, 3.8) is 0 Å². The van der Waals surface area contributed by atoms with Crippen molar-refractivity contribution in [1.82, 2.24) is 24.9 Å². The van der Waals surface area contributed by atoms with Crippen LogP contribution < -0.4 is 10.2 Å². The topological polar surface area (TPSA) is 107 Å². The number of likely N-dealkylation sites (tertiary alicyclic amines) is 1. The van der Waals surface area contributed by atoms with Gasteiger partial charge in [0.05, 0.1) is 36.7 Å². The van der Waals surface area contributed by atoms with Gasteiger partial charge in [-0.2, -0.15) is 23.5 Å². The summed E-state index contributed by atoms with van der Waals surface area (Å²) in [5.41, 5.74) is 1.20. The summed E-state index contributed by atoms with van der Waals surface area (Å²) >= 11 is 0. The second kappa shape index (κ2) is 15.2. The van der Waals surface area contributed by atoms with E-state index in [9.17, 15) is 32.4 Å². The van der Waals surface area contributed by atoms with Crippen LogP contribution in [0.4, 0.5) is 23.4 Å². The molecule has 0 unspecified atom stereocenters. The van der Waals surface area contributed by atoms with Crippen LogP contribution in [0.25, 0.3) is 5.69 Å². The van der Waals surface area contributed by atoms with Gasteiger partial charge >= 0.3 is 6.18 Å². The summed E-state index contributed by atoms with van der Waals surface area (Å²) in [4.78, 5) is 33.8. The highest BCUT2D eigenvalue weighted by molar-refractivity contribution is 6.05. The van der Waals surface area contributed by atoms with Gasteiger partial charge in [0.25, 0.3) is 11.8 Å². The molecular weight excluding hydrogens is 702 g/mol. The lowest BCUT2D eigenvalue weighted by atomic mass is 9.77. The number of amides is 2. The van der Waals surface area contributed by atoms with Gasteiger partial charge in [-0.05, 0) is 93.8 Å². The van der Waals surface area contributed by atoms with E-state index >= 15 is 0 Å². The zero-order chi connectivity index (χ0) is 38.0. The Labute approximate surface area is 310 Å². The van der Waals surface area contributed by atoms with Gasteiger partial charge in [-0.3, -0.25) is 14.5 Å². The quantitative estimate of drug-likeness (QED) is 0.112. The van der Waals surface area contributed by atoms with Crippen LogP contribution in [0.15, 0.2) is 78.9 Å². The molecule has 7 rings (SSSR count). The Morgan fingerprint density at radius 2 is 1.78 bits per heavy atom. The fourth-order valence-electron chi connectivity index (χ4n) is 7.79. The molecule has 4 aromatic rings. The molecule has 3 aliphatic rings. The monoisotopic (exact) mass is 743 g/mol. The number of nitrogens with one attached hydrogen (secondary N) is 1. The lowest BCUT2D eigenvalue weighted by molar-refractivity contribution is -0.139. The molecular formula is C40H41F4N7O3. The molecule has 0 radical (unpaired) electrons. The lowest BCUT2D eigenvalue weighted by Crippen LogP contribution is -2.55. The largest absolute Gasteiger partial charge is 0.416 e. The number of benzene rings is 3.